The zero-order chi connectivity index (χ0) is 10.8. The van der Waals surface area contributed by atoms with Crippen LogP contribution in [0.5, 0.6) is 0 Å². The summed E-state index contributed by atoms with van der Waals surface area (Å²) in [7, 11) is 0. The molecular formula is C14H26. The van der Waals surface area contributed by atoms with Crippen molar-refractivity contribution in [1.29, 1.82) is 0 Å². The molecule has 2 rings (SSSR count). The molecule has 2 fully saturated rings. The van der Waals surface area contributed by atoms with Gasteiger partial charge in [0.05, 0.1) is 0 Å². The Balaban J connectivity index is 0.000000280. The maximum Gasteiger partial charge on any atom is 0.0200 e. The van der Waals surface area contributed by atoms with Crippen LogP contribution < -0.4 is 0 Å². The van der Waals surface area contributed by atoms with Crippen LogP contribution in [0.2, 0.25) is 0 Å². The van der Waals surface area contributed by atoms with E-state index in [4.69, 9.17) is 6.42 Å². The van der Waals surface area contributed by atoms with Gasteiger partial charge in [-0.15, -0.1) is 12.3 Å². The second-order valence-corrected chi connectivity index (χ2v) is 4.18. The Hall–Kier alpha value is -0.440. The lowest BCUT2D eigenvalue weighted by Crippen LogP contribution is -2.09. The predicted molar refractivity (Wildman–Crippen MR) is 65.2 cm³/mol. The summed E-state index contributed by atoms with van der Waals surface area (Å²) in [5.41, 5.74) is 0. The molecule has 0 amide bonds. The van der Waals surface area contributed by atoms with E-state index in [9.17, 15) is 0 Å². The molecule has 0 bridgehead atoms. The lowest BCUT2D eigenvalue weighted by molar-refractivity contribution is 0.338. The largest absolute Gasteiger partial charge is 0.120 e. The highest BCUT2D eigenvalue weighted by Gasteiger charge is 2.15. The van der Waals surface area contributed by atoms with E-state index in [1.807, 2.05) is 13.8 Å². The van der Waals surface area contributed by atoms with Gasteiger partial charge in [0.1, 0.15) is 0 Å². The van der Waals surface area contributed by atoms with Crippen LogP contribution in [0.4, 0.5) is 0 Å². The van der Waals surface area contributed by atoms with E-state index >= 15 is 0 Å². The average molecular weight is 194 g/mol. The van der Waals surface area contributed by atoms with Crippen LogP contribution >= 0.6 is 0 Å². The number of terminal acetylenes is 1. The van der Waals surface area contributed by atoms with Crippen molar-refractivity contribution < 1.29 is 0 Å². The van der Waals surface area contributed by atoms with Crippen molar-refractivity contribution in [3.05, 3.63) is 0 Å². The first-order valence-corrected chi connectivity index (χ1v) is 6.29. The fourth-order valence-electron chi connectivity index (χ4n) is 1.43. The highest BCUT2D eigenvalue weighted by Crippen LogP contribution is 2.27. The normalized spacial score (nSPS) is 28.4. The summed E-state index contributed by atoms with van der Waals surface area (Å²) < 4.78 is 0. The van der Waals surface area contributed by atoms with Crippen molar-refractivity contribution in [2.75, 3.05) is 0 Å². The fourth-order valence-corrected chi connectivity index (χ4v) is 1.43. The number of hydrogen-bond donors (Lipinski definition) is 0. The molecular weight excluding hydrogens is 168 g/mol. The molecule has 0 N–H and O–H groups in total. The molecule has 0 heterocycles. The van der Waals surface area contributed by atoms with Crippen LogP contribution in [0.25, 0.3) is 0 Å². The summed E-state index contributed by atoms with van der Waals surface area (Å²) in [6.45, 7) is 6.31. The quantitative estimate of drug-likeness (QED) is 0.493. The van der Waals surface area contributed by atoms with E-state index in [-0.39, 0.29) is 0 Å². The second kappa shape index (κ2) is 9.13. The summed E-state index contributed by atoms with van der Waals surface area (Å²) in [4.78, 5) is 0. The van der Waals surface area contributed by atoms with Gasteiger partial charge in [-0.05, 0) is 31.6 Å². The van der Waals surface area contributed by atoms with Gasteiger partial charge in [0.2, 0.25) is 0 Å². The lowest BCUT2D eigenvalue weighted by Gasteiger charge is -2.21. The zero-order valence-electron chi connectivity index (χ0n) is 10.2. The van der Waals surface area contributed by atoms with Gasteiger partial charge >= 0.3 is 0 Å². The number of rotatable bonds is 0. The molecule has 0 atom stereocenters. The smallest absolute Gasteiger partial charge is 0.0200 e. The zero-order valence-corrected chi connectivity index (χ0v) is 10.2. The van der Waals surface area contributed by atoms with Crippen molar-refractivity contribution in [3.8, 4) is 12.3 Å². The molecule has 0 saturated heterocycles. The van der Waals surface area contributed by atoms with Crippen molar-refractivity contribution in [2.24, 2.45) is 11.8 Å². The third kappa shape index (κ3) is 8.17. The highest BCUT2D eigenvalue weighted by atomic mass is 14.2. The topological polar surface area (TPSA) is 0 Å². The first kappa shape index (κ1) is 13.6. The minimum atomic E-state index is 0.598. The van der Waals surface area contributed by atoms with Crippen molar-refractivity contribution in [1.82, 2.24) is 0 Å². The monoisotopic (exact) mass is 194 g/mol. The number of hydrogen-bond acceptors (Lipinski definition) is 0. The summed E-state index contributed by atoms with van der Waals surface area (Å²) in [5.74, 6) is 4.35. The third-order valence-electron chi connectivity index (χ3n) is 2.61. The Labute approximate surface area is 90.5 Å². The van der Waals surface area contributed by atoms with Gasteiger partial charge in [0.25, 0.3) is 0 Å². The summed E-state index contributed by atoms with van der Waals surface area (Å²) >= 11 is 0. The highest BCUT2D eigenvalue weighted by molar-refractivity contribution is 4.94. The van der Waals surface area contributed by atoms with E-state index in [2.05, 4.69) is 12.8 Å². The summed E-state index contributed by atoms with van der Waals surface area (Å²) in [6, 6.07) is 0. The molecule has 0 unspecified atom stereocenters. The first-order chi connectivity index (χ1) is 6.83. The Morgan fingerprint density at radius 3 is 1.64 bits per heavy atom. The maximum absolute atomic E-state index is 5.30. The molecule has 0 aromatic heterocycles. The predicted octanol–water partition coefficient (Wildman–Crippen LogP) is 4.64. The Morgan fingerprint density at radius 1 is 0.929 bits per heavy atom. The minimum Gasteiger partial charge on any atom is -0.120 e. The molecule has 0 aliphatic heterocycles. The van der Waals surface area contributed by atoms with Crippen LogP contribution in [0.15, 0.2) is 0 Å². The van der Waals surface area contributed by atoms with Crippen LogP contribution in [-0.2, 0) is 0 Å². The molecule has 0 radical (unpaired) electrons. The lowest BCUT2D eigenvalue weighted by atomic mass is 9.84. The molecule has 14 heavy (non-hydrogen) atoms. The van der Waals surface area contributed by atoms with Gasteiger partial charge in [0, 0.05) is 5.92 Å². The van der Waals surface area contributed by atoms with E-state index < -0.39 is 0 Å². The third-order valence-corrected chi connectivity index (χ3v) is 2.61. The fraction of sp³-hybridized carbons (Fsp3) is 0.857. The summed E-state index contributed by atoms with van der Waals surface area (Å²) in [6.07, 6.45) is 15.0. The average Bonchev–Trinajstić information content (AvgIpc) is 3.09. The molecule has 0 aromatic carbocycles. The van der Waals surface area contributed by atoms with Crippen LogP contribution in [0.3, 0.4) is 0 Å². The minimum absolute atomic E-state index is 0.598. The first-order valence-electron chi connectivity index (χ1n) is 6.29. The SMILES string of the molecule is C#CC1CCC(C)CC1.C1CC1.CC. The van der Waals surface area contributed by atoms with Gasteiger partial charge < -0.3 is 0 Å². The van der Waals surface area contributed by atoms with E-state index in [1.165, 1.54) is 44.9 Å². The van der Waals surface area contributed by atoms with Crippen molar-refractivity contribution in [2.45, 2.75) is 65.7 Å². The maximum atomic E-state index is 5.30. The van der Waals surface area contributed by atoms with E-state index in [0.29, 0.717) is 5.92 Å². The standard InChI is InChI=1S/C9H14.C3H6.C2H6/c1-3-9-6-4-8(2)5-7-9;1-2-3-1;1-2/h1,8-9H,4-7H2,2H3;1-3H2;1-2H3. The molecule has 0 aromatic rings. The van der Waals surface area contributed by atoms with Gasteiger partial charge in [-0.2, -0.15) is 0 Å². The molecule has 2 aliphatic rings. The van der Waals surface area contributed by atoms with Gasteiger partial charge in [-0.3, -0.25) is 0 Å². The van der Waals surface area contributed by atoms with E-state index in [0.717, 1.165) is 5.92 Å². The van der Waals surface area contributed by atoms with Gasteiger partial charge in [-0.25, -0.2) is 0 Å². The van der Waals surface area contributed by atoms with Gasteiger partial charge in [0.15, 0.2) is 0 Å². The van der Waals surface area contributed by atoms with Gasteiger partial charge in [-0.1, -0.05) is 40.0 Å². The molecule has 0 nitrogen and oxygen atoms in total. The molecule has 2 saturated carbocycles. The molecule has 82 valence electrons. The summed E-state index contributed by atoms with van der Waals surface area (Å²) in [5, 5.41) is 0. The second-order valence-electron chi connectivity index (χ2n) is 4.18. The molecule has 0 spiro atoms. The Bertz CT molecular complexity index is 139. The van der Waals surface area contributed by atoms with Crippen molar-refractivity contribution in [3.63, 3.8) is 0 Å². The molecule has 2 aliphatic carbocycles. The van der Waals surface area contributed by atoms with E-state index in [1.54, 1.807) is 0 Å². The Kier molecular flexibility index (Phi) is 8.84. The van der Waals surface area contributed by atoms with Crippen LogP contribution in [0.1, 0.15) is 65.7 Å². The molecule has 0 heteroatoms. The van der Waals surface area contributed by atoms with Crippen molar-refractivity contribution >= 4 is 0 Å². The van der Waals surface area contributed by atoms with Crippen LogP contribution in [0, 0.1) is 24.2 Å². The Morgan fingerprint density at radius 2 is 1.36 bits per heavy atom. The van der Waals surface area contributed by atoms with Crippen LogP contribution in [-0.4, -0.2) is 0 Å².